The van der Waals surface area contributed by atoms with Crippen LogP contribution in [-0.2, 0) is 16.1 Å². The number of ether oxygens (including phenoxy) is 1. The predicted molar refractivity (Wildman–Crippen MR) is 109 cm³/mol. The summed E-state index contributed by atoms with van der Waals surface area (Å²) in [7, 11) is 0. The van der Waals surface area contributed by atoms with E-state index in [4.69, 9.17) is 4.74 Å². The van der Waals surface area contributed by atoms with Crippen LogP contribution in [0.15, 0.2) is 24.3 Å². The van der Waals surface area contributed by atoms with Gasteiger partial charge in [0.25, 0.3) is 0 Å². The lowest BCUT2D eigenvalue weighted by molar-refractivity contribution is -0.161. The van der Waals surface area contributed by atoms with Crippen LogP contribution in [0.4, 0.5) is 0 Å². The van der Waals surface area contributed by atoms with Gasteiger partial charge in [-0.2, -0.15) is 0 Å². The molecule has 1 unspecified atom stereocenters. The Hall–Kier alpha value is -2.08. The van der Waals surface area contributed by atoms with E-state index in [0.29, 0.717) is 19.6 Å². The Kier molecular flexibility index (Phi) is 5.45. The normalized spacial score (nSPS) is 21.7. The number of amides is 2. The molecule has 2 saturated heterocycles. The van der Waals surface area contributed by atoms with Gasteiger partial charge in [0.05, 0.1) is 0 Å². The van der Waals surface area contributed by atoms with Gasteiger partial charge in [0.15, 0.2) is 0 Å². The summed E-state index contributed by atoms with van der Waals surface area (Å²) in [6, 6.07) is 7.40. The standard InChI is InChI=1S/C22H33N3O3/c1-21(2,3)24-11-12-25-18(14-24)20(27)23(15-19(25)26)13-16-7-9-17(10-8-16)28-22(4,5)6/h7-10,18H,11-15H2,1-6H3. The molecule has 28 heavy (non-hydrogen) atoms. The number of hydrogen-bond acceptors (Lipinski definition) is 4. The van der Waals surface area contributed by atoms with Gasteiger partial charge in [-0.05, 0) is 59.2 Å². The highest BCUT2D eigenvalue weighted by molar-refractivity contribution is 5.95. The SMILES string of the molecule is CC(C)(C)Oc1ccc(CN2CC(=O)N3CCN(C(C)(C)C)CC3C2=O)cc1. The van der Waals surface area contributed by atoms with Crippen molar-refractivity contribution in [3.8, 4) is 5.75 Å². The Bertz CT molecular complexity index is 731. The molecule has 2 aliphatic heterocycles. The molecule has 2 fully saturated rings. The molecule has 1 aromatic rings. The second kappa shape index (κ2) is 7.39. The van der Waals surface area contributed by atoms with Gasteiger partial charge in [0, 0.05) is 31.7 Å². The van der Waals surface area contributed by atoms with Crippen LogP contribution in [0.2, 0.25) is 0 Å². The first-order valence-electron chi connectivity index (χ1n) is 10.1. The van der Waals surface area contributed by atoms with Crippen LogP contribution in [0, 0.1) is 0 Å². The second-order valence-electron chi connectivity index (χ2n) is 9.77. The van der Waals surface area contributed by atoms with E-state index in [-0.39, 0.29) is 35.5 Å². The fourth-order valence-electron chi connectivity index (χ4n) is 3.82. The summed E-state index contributed by atoms with van der Waals surface area (Å²) in [5.41, 5.74) is 0.736. The molecule has 0 radical (unpaired) electrons. The average molecular weight is 388 g/mol. The lowest BCUT2D eigenvalue weighted by Crippen LogP contribution is -2.68. The van der Waals surface area contributed by atoms with Gasteiger partial charge in [0.2, 0.25) is 11.8 Å². The summed E-state index contributed by atoms with van der Waals surface area (Å²) in [5, 5.41) is 0. The van der Waals surface area contributed by atoms with E-state index in [1.165, 1.54) is 0 Å². The Labute approximate surface area is 168 Å². The molecule has 0 aliphatic carbocycles. The summed E-state index contributed by atoms with van der Waals surface area (Å²) in [6.07, 6.45) is 0. The lowest BCUT2D eigenvalue weighted by Gasteiger charge is -2.49. The van der Waals surface area contributed by atoms with E-state index >= 15 is 0 Å². The van der Waals surface area contributed by atoms with Crippen molar-refractivity contribution in [2.75, 3.05) is 26.2 Å². The van der Waals surface area contributed by atoms with Crippen LogP contribution in [0.1, 0.15) is 47.1 Å². The minimum absolute atomic E-state index is 0.0133. The molecule has 154 valence electrons. The smallest absolute Gasteiger partial charge is 0.247 e. The average Bonchev–Trinajstić information content (AvgIpc) is 2.58. The molecule has 2 amide bonds. The zero-order valence-electron chi connectivity index (χ0n) is 18.0. The first-order chi connectivity index (χ1) is 12.9. The number of carbonyl (C=O) groups is 2. The van der Waals surface area contributed by atoms with Crippen LogP contribution < -0.4 is 4.74 Å². The van der Waals surface area contributed by atoms with E-state index in [1.54, 1.807) is 9.80 Å². The maximum atomic E-state index is 13.1. The monoisotopic (exact) mass is 387 g/mol. The molecule has 0 spiro atoms. The Balaban J connectivity index is 1.70. The molecule has 0 bridgehead atoms. The number of piperazine rings is 2. The molecule has 1 aromatic carbocycles. The third-order valence-corrected chi connectivity index (χ3v) is 5.29. The van der Waals surface area contributed by atoms with Gasteiger partial charge in [-0.3, -0.25) is 14.5 Å². The van der Waals surface area contributed by atoms with E-state index in [0.717, 1.165) is 17.9 Å². The van der Waals surface area contributed by atoms with Crippen molar-refractivity contribution in [3.63, 3.8) is 0 Å². The van der Waals surface area contributed by atoms with Crippen LogP contribution in [0.5, 0.6) is 5.75 Å². The van der Waals surface area contributed by atoms with Gasteiger partial charge in [-0.25, -0.2) is 0 Å². The van der Waals surface area contributed by atoms with Crippen molar-refractivity contribution < 1.29 is 14.3 Å². The van der Waals surface area contributed by atoms with Crippen molar-refractivity contribution in [2.45, 2.75) is 65.3 Å². The van der Waals surface area contributed by atoms with Gasteiger partial charge < -0.3 is 14.5 Å². The zero-order valence-corrected chi connectivity index (χ0v) is 18.0. The Morgan fingerprint density at radius 2 is 1.64 bits per heavy atom. The van der Waals surface area contributed by atoms with Crippen LogP contribution >= 0.6 is 0 Å². The third-order valence-electron chi connectivity index (χ3n) is 5.29. The summed E-state index contributed by atoms with van der Waals surface area (Å²) >= 11 is 0. The zero-order chi connectivity index (χ0) is 20.7. The highest BCUT2D eigenvalue weighted by Gasteiger charge is 2.44. The first-order valence-corrected chi connectivity index (χ1v) is 10.1. The summed E-state index contributed by atoms with van der Waals surface area (Å²) < 4.78 is 5.85. The van der Waals surface area contributed by atoms with Gasteiger partial charge in [-0.1, -0.05) is 12.1 Å². The summed E-state index contributed by atoms with van der Waals surface area (Å²) in [4.78, 5) is 31.5. The first kappa shape index (κ1) is 20.6. The van der Waals surface area contributed by atoms with E-state index in [1.807, 2.05) is 45.0 Å². The molecule has 6 heteroatoms. The quantitative estimate of drug-likeness (QED) is 0.800. The number of hydrogen-bond donors (Lipinski definition) is 0. The minimum Gasteiger partial charge on any atom is -0.488 e. The van der Waals surface area contributed by atoms with Crippen LogP contribution in [-0.4, -0.2) is 69.9 Å². The van der Waals surface area contributed by atoms with Gasteiger partial charge >= 0.3 is 0 Å². The minimum atomic E-state index is -0.377. The molecule has 3 rings (SSSR count). The van der Waals surface area contributed by atoms with Crippen LogP contribution in [0.3, 0.4) is 0 Å². The number of benzene rings is 1. The van der Waals surface area contributed by atoms with E-state index < -0.39 is 0 Å². The number of fused-ring (bicyclic) bond motifs is 1. The molecule has 1 atom stereocenters. The highest BCUT2D eigenvalue weighted by Crippen LogP contribution is 2.25. The van der Waals surface area contributed by atoms with Gasteiger partial charge in [-0.15, -0.1) is 0 Å². The fraction of sp³-hybridized carbons (Fsp3) is 0.636. The molecule has 0 aromatic heterocycles. The molecule has 2 heterocycles. The summed E-state index contributed by atoms with van der Waals surface area (Å²) in [5.74, 6) is 0.894. The lowest BCUT2D eigenvalue weighted by atomic mass is 9.99. The van der Waals surface area contributed by atoms with E-state index in [2.05, 4.69) is 25.7 Å². The largest absolute Gasteiger partial charge is 0.488 e. The molecule has 0 N–H and O–H groups in total. The van der Waals surface area contributed by atoms with Crippen LogP contribution in [0.25, 0.3) is 0 Å². The Morgan fingerprint density at radius 1 is 1.00 bits per heavy atom. The van der Waals surface area contributed by atoms with Crippen molar-refractivity contribution >= 4 is 11.8 Å². The molecular formula is C22H33N3O3. The third kappa shape index (κ3) is 4.66. The number of nitrogens with zero attached hydrogens (tertiary/aromatic N) is 3. The maximum absolute atomic E-state index is 13.1. The molecule has 0 saturated carbocycles. The molecular weight excluding hydrogens is 354 g/mol. The topological polar surface area (TPSA) is 53.1 Å². The number of rotatable bonds is 3. The van der Waals surface area contributed by atoms with E-state index in [9.17, 15) is 9.59 Å². The fourth-order valence-corrected chi connectivity index (χ4v) is 3.82. The Morgan fingerprint density at radius 3 is 2.21 bits per heavy atom. The van der Waals surface area contributed by atoms with Crippen molar-refractivity contribution in [1.82, 2.24) is 14.7 Å². The maximum Gasteiger partial charge on any atom is 0.247 e. The predicted octanol–water partition coefficient (Wildman–Crippen LogP) is 2.52. The van der Waals surface area contributed by atoms with Crippen molar-refractivity contribution in [2.24, 2.45) is 0 Å². The van der Waals surface area contributed by atoms with Gasteiger partial charge in [0.1, 0.15) is 23.9 Å². The molecule has 6 nitrogen and oxygen atoms in total. The second-order valence-corrected chi connectivity index (χ2v) is 9.77. The van der Waals surface area contributed by atoms with Crippen molar-refractivity contribution in [1.29, 1.82) is 0 Å². The highest BCUT2D eigenvalue weighted by atomic mass is 16.5. The number of carbonyl (C=O) groups excluding carboxylic acids is 2. The van der Waals surface area contributed by atoms with Crippen molar-refractivity contribution in [3.05, 3.63) is 29.8 Å². The summed E-state index contributed by atoms with van der Waals surface area (Å²) in [6.45, 7) is 15.1. The molecule has 2 aliphatic rings.